The number of aryl methyl sites for hydroxylation is 1. The van der Waals surface area contributed by atoms with Gasteiger partial charge in [0.1, 0.15) is 18.1 Å². The van der Waals surface area contributed by atoms with E-state index in [0.717, 1.165) is 47.5 Å². The van der Waals surface area contributed by atoms with E-state index in [9.17, 15) is 4.79 Å². The third kappa shape index (κ3) is 4.98. The van der Waals surface area contributed by atoms with Gasteiger partial charge in [0, 0.05) is 44.6 Å². The zero-order valence-corrected chi connectivity index (χ0v) is 20.9. The van der Waals surface area contributed by atoms with Crippen molar-refractivity contribution in [1.82, 2.24) is 29.6 Å². The first-order valence-electron chi connectivity index (χ1n) is 12.4. The van der Waals surface area contributed by atoms with Crippen LogP contribution in [0.15, 0.2) is 55.0 Å². The number of H-pyrrole nitrogens is 1. The Bertz CT molecular complexity index is 1320. The van der Waals surface area contributed by atoms with E-state index in [0.29, 0.717) is 12.5 Å². The highest BCUT2D eigenvalue weighted by Gasteiger charge is 2.33. The molecule has 4 heterocycles. The molecule has 10 nitrogen and oxygen atoms in total. The molecule has 36 heavy (non-hydrogen) atoms. The van der Waals surface area contributed by atoms with Crippen molar-refractivity contribution >= 4 is 34.6 Å². The Morgan fingerprint density at radius 2 is 2.06 bits per heavy atom. The van der Waals surface area contributed by atoms with Crippen LogP contribution in [0.1, 0.15) is 32.3 Å². The number of aromatic nitrogens is 5. The summed E-state index contributed by atoms with van der Waals surface area (Å²) in [6.45, 7) is 5.73. The predicted octanol–water partition coefficient (Wildman–Crippen LogP) is 4.54. The summed E-state index contributed by atoms with van der Waals surface area (Å²) in [5.41, 5.74) is 2.56. The van der Waals surface area contributed by atoms with Gasteiger partial charge in [-0.2, -0.15) is 15.1 Å². The number of likely N-dealkylation sites (N-methyl/N-ethyl adjacent to an activating group) is 1. The van der Waals surface area contributed by atoms with Crippen molar-refractivity contribution in [2.75, 3.05) is 23.8 Å². The highest BCUT2D eigenvalue weighted by atomic mass is 16.6. The van der Waals surface area contributed by atoms with Gasteiger partial charge in [0.25, 0.3) is 0 Å². The minimum Gasteiger partial charge on any atom is -0.445 e. The van der Waals surface area contributed by atoms with Crippen molar-refractivity contribution in [2.24, 2.45) is 0 Å². The van der Waals surface area contributed by atoms with Gasteiger partial charge in [-0.3, -0.25) is 4.68 Å². The summed E-state index contributed by atoms with van der Waals surface area (Å²) in [5, 5.41) is 8.51. The van der Waals surface area contributed by atoms with E-state index in [1.165, 1.54) is 0 Å². The number of nitrogens with one attached hydrogen (secondary N) is 2. The lowest BCUT2D eigenvalue weighted by molar-refractivity contribution is 0.0676. The van der Waals surface area contributed by atoms with Gasteiger partial charge in [0.15, 0.2) is 0 Å². The van der Waals surface area contributed by atoms with Gasteiger partial charge in [0.05, 0.1) is 17.3 Å². The molecule has 1 fully saturated rings. The summed E-state index contributed by atoms with van der Waals surface area (Å²) in [6, 6.07) is 11.9. The lowest BCUT2D eigenvalue weighted by atomic mass is 9.98. The van der Waals surface area contributed by atoms with Crippen LogP contribution in [0.25, 0.3) is 11.0 Å². The molecule has 5 rings (SSSR count). The minimum atomic E-state index is -0.283. The molecule has 0 radical (unpaired) electrons. The Balaban J connectivity index is 1.33. The second-order valence-electron chi connectivity index (χ2n) is 9.20. The van der Waals surface area contributed by atoms with Crippen molar-refractivity contribution in [3.63, 3.8) is 0 Å². The highest BCUT2D eigenvalue weighted by molar-refractivity contribution is 5.89. The molecule has 2 N–H and O–H groups in total. The van der Waals surface area contributed by atoms with Gasteiger partial charge in [-0.05, 0) is 38.3 Å². The number of benzene rings is 1. The number of carbonyl (C=O) groups excluding carboxylic acids is 1. The third-order valence-electron chi connectivity index (χ3n) is 6.79. The molecule has 2 atom stereocenters. The van der Waals surface area contributed by atoms with Crippen LogP contribution in [0.4, 0.5) is 22.2 Å². The number of rotatable bonds is 7. The molecule has 0 bridgehead atoms. The van der Waals surface area contributed by atoms with E-state index in [1.807, 2.05) is 72.3 Å². The molecular formula is C26H32N8O2. The number of hydrogen-bond acceptors (Lipinski definition) is 7. The van der Waals surface area contributed by atoms with E-state index in [4.69, 9.17) is 9.72 Å². The van der Waals surface area contributed by atoms with Gasteiger partial charge in [-0.15, -0.1) is 0 Å². The number of aromatic amines is 1. The van der Waals surface area contributed by atoms with Crippen LogP contribution in [0.3, 0.4) is 0 Å². The topological polar surface area (TPSA) is 104 Å². The van der Waals surface area contributed by atoms with E-state index in [-0.39, 0.29) is 24.8 Å². The number of ether oxygens (including phenoxy) is 1. The highest BCUT2D eigenvalue weighted by Crippen LogP contribution is 2.30. The molecule has 1 amide bonds. The van der Waals surface area contributed by atoms with Crippen molar-refractivity contribution in [3.8, 4) is 0 Å². The van der Waals surface area contributed by atoms with Gasteiger partial charge in [-0.1, -0.05) is 30.3 Å². The zero-order chi connectivity index (χ0) is 25.1. The monoisotopic (exact) mass is 488 g/mol. The van der Waals surface area contributed by atoms with Gasteiger partial charge in [-0.25, -0.2) is 4.79 Å². The Labute approximate surface area is 210 Å². The average Bonchev–Trinajstić information content (AvgIpc) is 3.56. The number of likely N-dealkylation sites (tertiary alicyclic amines) is 1. The first-order valence-corrected chi connectivity index (χ1v) is 12.4. The first-order chi connectivity index (χ1) is 17.5. The number of piperidine rings is 1. The molecule has 188 valence electrons. The second kappa shape index (κ2) is 10.3. The number of anilines is 3. The Morgan fingerprint density at radius 1 is 1.22 bits per heavy atom. The molecule has 3 aromatic heterocycles. The van der Waals surface area contributed by atoms with Gasteiger partial charge >= 0.3 is 6.09 Å². The zero-order valence-electron chi connectivity index (χ0n) is 20.9. The molecule has 1 aliphatic rings. The van der Waals surface area contributed by atoms with Crippen molar-refractivity contribution in [2.45, 2.75) is 51.9 Å². The molecule has 2 unspecified atom stereocenters. The van der Waals surface area contributed by atoms with Crippen LogP contribution in [0, 0.1) is 0 Å². The fraction of sp³-hybridized carbons (Fsp3) is 0.385. The van der Waals surface area contributed by atoms with Crippen LogP contribution in [0.5, 0.6) is 0 Å². The number of amides is 1. The van der Waals surface area contributed by atoms with Crippen LogP contribution < -0.4 is 10.2 Å². The average molecular weight is 489 g/mol. The van der Waals surface area contributed by atoms with Crippen LogP contribution in [-0.2, 0) is 17.9 Å². The van der Waals surface area contributed by atoms with E-state index < -0.39 is 0 Å². The lowest BCUT2D eigenvalue weighted by Crippen LogP contribution is -2.52. The van der Waals surface area contributed by atoms with E-state index in [1.54, 1.807) is 6.20 Å². The third-order valence-corrected chi connectivity index (χ3v) is 6.79. The fourth-order valence-electron chi connectivity index (χ4n) is 4.61. The molecule has 4 aromatic rings. The quantitative estimate of drug-likeness (QED) is 0.393. The SMILES string of the molecule is CCn1cc(Nc2nc(N(C)C3CCC(C)N(C(=O)OCc4ccccc4)C3)c3cc[nH]c3n2)cn1. The predicted molar refractivity (Wildman–Crippen MR) is 139 cm³/mol. The second-order valence-corrected chi connectivity index (χ2v) is 9.20. The van der Waals surface area contributed by atoms with Crippen LogP contribution >= 0.6 is 0 Å². The Morgan fingerprint density at radius 3 is 2.83 bits per heavy atom. The van der Waals surface area contributed by atoms with Crippen molar-refractivity contribution < 1.29 is 9.53 Å². The number of hydrogen-bond donors (Lipinski definition) is 2. The minimum absolute atomic E-state index is 0.0918. The van der Waals surface area contributed by atoms with Gasteiger partial charge in [0.2, 0.25) is 5.95 Å². The summed E-state index contributed by atoms with van der Waals surface area (Å²) < 4.78 is 7.49. The first kappa shape index (κ1) is 23.7. The Hall–Kier alpha value is -4.08. The normalized spacial score (nSPS) is 17.8. The molecule has 10 heteroatoms. The molecule has 0 aliphatic carbocycles. The van der Waals surface area contributed by atoms with Crippen molar-refractivity contribution in [3.05, 3.63) is 60.6 Å². The molecule has 0 saturated carbocycles. The van der Waals surface area contributed by atoms with Crippen LogP contribution in [0.2, 0.25) is 0 Å². The largest absolute Gasteiger partial charge is 0.445 e. The summed E-state index contributed by atoms with van der Waals surface area (Å²) >= 11 is 0. The summed E-state index contributed by atoms with van der Waals surface area (Å²) in [4.78, 5) is 29.7. The molecule has 1 saturated heterocycles. The lowest BCUT2D eigenvalue weighted by Gasteiger charge is -2.41. The number of carbonyl (C=O) groups is 1. The molecule has 1 aliphatic heterocycles. The summed E-state index contributed by atoms with van der Waals surface area (Å²) in [5.74, 6) is 1.30. The molecule has 0 spiro atoms. The number of fused-ring (bicyclic) bond motifs is 1. The summed E-state index contributed by atoms with van der Waals surface area (Å²) in [6.07, 6.45) is 7.10. The summed E-state index contributed by atoms with van der Waals surface area (Å²) in [7, 11) is 2.03. The maximum atomic E-state index is 13.0. The maximum absolute atomic E-state index is 13.0. The smallest absolute Gasteiger partial charge is 0.410 e. The Kier molecular flexibility index (Phi) is 6.75. The molecular weight excluding hydrogens is 456 g/mol. The van der Waals surface area contributed by atoms with Gasteiger partial charge < -0.3 is 24.8 Å². The van der Waals surface area contributed by atoms with Crippen molar-refractivity contribution in [1.29, 1.82) is 0 Å². The molecule has 1 aromatic carbocycles. The van der Waals surface area contributed by atoms with E-state index >= 15 is 0 Å². The maximum Gasteiger partial charge on any atom is 0.410 e. The number of nitrogens with zero attached hydrogens (tertiary/aromatic N) is 6. The fourth-order valence-corrected chi connectivity index (χ4v) is 4.61. The standard InChI is InChI=1S/C26H32N8O2/c1-4-33-15-20(14-28-33)29-25-30-23-22(12-13-27-23)24(31-25)32(3)21-11-10-18(2)34(16-21)26(35)36-17-19-8-6-5-7-9-19/h5-9,12-15,18,21H,4,10-11,16-17H2,1-3H3,(H2,27,29,30,31). The van der Waals surface area contributed by atoms with Crippen LogP contribution in [-0.4, -0.2) is 61.4 Å². The van der Waals surface area contributed by atoms with E-state index in [2.05, 4.69) is 32.2 Å².